The molecule has 0 heterocycles. The zero-order chi connectivity index (χ0) is 26.4. The van der Waals surface area contributed by atoms with Gasteiger partial charge in [0.1, 0.15) is 0 Å². The van der Waals surface area contributed by atoms with Gasteiger partial charge in [-0.1, -0.05) is 183 Å². The van der Waals surface area contributed by atoms with E-state index in [1.165, 1.54) is 166 Å². The second kappa shape index (κ2) is 30.8. The molecule has 0 aromatic rings. The molecule has 0 saturated heterocycles. The Kier molecular flexibility index (Phi) is 30.5. The molecule has 0 unspecified atom stereocenters. The summed E-state index contributed by atoms with van der Waals surface area (Å²) in [5.74, 6) is -1.92. The number of unbranched alkanes of at least 4 members (excludes halogenated alkanes) is 27. The first kappa shape index (κ1) is 35.6. The Morgan fingerprint density at radius 1 is 0.361 bits per heavy atom. The van der Waals surface area contributed by atoms with Gasteiger partial charge < -0.3 is 5.11 Å². The molecule has 0 fully saturated rings. The van der Waals surface area contributed by atoms with Crippen LogP contribution in [0, 0.1) is 0 Å². The van der Waals surface area contributed by atoms with Crippen LogP contribution in [0.5, 0.6) is 0 Å². The van der Waals surface area contributed by atoms with Gasteiger partial charge in [-0.15, -0.1) is 0 Å². The molecule has 0 rings (SSSR count). The molecule has 0 aliphatic rings. The van der Waals surface area contributed by atoms with Gasteiger partial charge in [-0.05, 0) is 12.8 Å². The van der Waals surface area contributed by atoms with Crippen molar-refractivity contribution in [2.45, 2.75) is 186 Å². The number of carbonyl (C=O) groups is 2. The van der Waals surface area contributed by atoms with Crippen LogP contribution in [0.2, 0.25) is 0 Å². The topological polar surface area (TPSA) is 54.4 Å². The van der Waals surface area contributed by atoms with E-state index in [-0.39, 0.29) is 6.42 Å². The van der Waals surface area contributed by atoms with E-state index in [0.717, 1.165) is 19.3 Å². The van der Waals surface area contributed by atoms with Crippen LogP contribution in [0.1, 0.15) is 186 Å². The van der Waals surface area contributed by atoms with Crippen molar-refractivity contribution < 1.29 is 14.7 Å². The second-order valence-electron chi connectivity index (χ2n) is 11.1. The summed E-state index contributed by atoms with van der Waals surface area (Å²) in [4.78, 5) is 21.4. The molecule has 214 valence electrons. The fourth-order valence-electron chi connectivity index (χ4n) is 5.08. The third-order valence-corrected chi connectivity index (χ3v) is 8.09. The van der Waals surface area contributed by atoms with Crippen molar-refractivity contribution in [3.63, 3.8) is 0 Å². The highest BCUT2D eigenvalue weighted by Crippen LogP contribution is 2.16. The van der Waals surface area contributed by atoms with Crippen molar-refractivity contribution in [3.8, 4) is 0 Å². The number of halogens is 1. The molecule has 0 saturated carbocycles. The minimum absolute atomic E-state index is 0.202. The van der Waals surface area contributed by atoms with Crippen molar-refractivity contribution in [1.82, 2.24) is 0 Å². The normalized spacial score (nSPS) is 11.2. The van der Waals surface area contributed by atoms with E-state index in [1.807, 2.05) is 0 Å². The molecule has 0 atom stereocenters. The van der Waals surface area contributed by atoms with Crippen LogP contribution in [0.15, 0.2) is 0 Å². The first-order valence-corrected chi connectivity index (χ1v) is 17.1. The molecule has 0 spiro atoms. The summed E-state index contributed by atoms with van der Waals surface area (Å²) >= 11 is 3.51. The van der Waals surface area contributed by atoms with Crippen LogP contribution in [0.3, 0.4) is 0 Å². The average Bonchev–Trinajstić information content (AvgIpc) is 2.87. The van der Waals surface area contributed by atoms with Crippen molar-refractivity contribution >= 4 is 27.7 Å². The van der Waals surface area contributed by atoms with Crippen LogP contribution in [0.4, 0.5) is 0 Å². The number of hydrogen-bond donors (Lipinski definition) is 1. The van der Waals surface area contributed by atoms with Gasteiger partial charge in [0.05, 0.1) is 0 Å². The quantitative estimate of drug-likeness (QED) is 0.0510. The third kappa shape index (κ3) is 29.8. The Morgan fingerprint density at radius 2 is 0.556 bits per heavy atom. The summed E-state index contributed by atoms with van der Waals surface area (Å²) in [6.45, 7) is 0. The van der Waals surface area contributed by atoms with Crippen molar-refractivity contribution in [3.05, 3.63) is 0 Å². The number of carboxylic acids is 1. The Morgan fingerprint density at radius 3 is 0.750 bits per heavy atom. The lowest BCUT2D eigenvalue weighted by molar-refractivity contribution is -0.149. The summed E-state index contributed by atoms with van der Waals surface area (Å²) in [6.07, 6.45) is 38.4. The molecule has 0 radical (unpaired) electrons. The fourth-order valence-corrected chi connectivity index (χ4v) is 5.48. The lowest BCUT2D eigenvalue weighted by atomic mass is 10.0. The predicted octanol–water partition coefficient (Wildman–Crippen LogP) is 11.3. The second-order valence-corrected chi connectivity index (χ2v) is 11.9. The van der Waals surface area contributed by atoms with Crippen molar-refractivity contribution in [1.29, 1.82) is 0 Å². The van der Waals surface area contributed by atoms with Gasteiger partial charge in [-0.2, -0.15) is 0 Å². The van der Waals surface area contributed by atoms with Gasteiger partial charge in [0.25, 0.3) is 0 Å². The number of hydrogen-bond acceptors (Lipinski definition) is 2. The summed E-state index contributed by atoms with van der Waals surface area (Å²) in [5, 5.41) is 9.71. The van der Waals surface area contributed by atoms with E-state index >= 15 is 0 Å². The number of Topliss-reactive ketones (excluding diaryl/α,β-unsaturated/α-hetero) is 1. The van der Waals surface area contributed by atoms with Crippen LogP contribution < -0.4 is 0 Å². The highest BCUT2D eigenvalue weighted by atomic mass is 79.9. The zero-order valence-electron chi connectivity index (χ0n) is 23.9. The van der Waals surface area contributed by atoms with E-state index in [9.17, 15) is 9.59 Å². The predicted molar refractivity (Wildman–Crippen MR) is 160 cm³/mol. The maximum absolute atomic E-state index is 11.0. The molecule has 0 amide bonds. The van der Waals surface area contributed by atoms with Gasteiger partial charge in [0.15, 0.2) is 0 Å². The minimum Gasteiger partial charge on any atom is -0.476 e. The molecule has 3 nitrogen and oxygen atoms in total. The van der Waals surface area contributed by atoms with Gasteiger partial charge >= 0.3 is 5.97 Å². The molecule has 1 N–H and O–H groups in total. The number of carboxylic acid groups (broad SMARTS) is 1. The summed E-state index contributed by atoms with van der Waals surface area (Å²) < 4.78 is 0. The lowest BCUT2D eigenvalue weighted by Crippen LogP contribution is -2.11. The zero-order valence-corrected chi connectivity index (χ0v) is 25.4. The minimum atomic E-state index is -1.28. The maximum atomic E-state index is 11.0. The SMILES string of the molecule is O=C(O)C(=O)CCCCCCCCCCCCCCCCCCCCCCCCCCCCCCBr. The average molecular weight is 574 g/mol. The first-order chi connectivity index (χ1) is 17.7. The Bertz CT molecular complexity index is 466. The number of carbonyl (C=O) groups excluding carboxylic acids is 1. The number of ketones is 1. The molecule has 0 bridgehead atoms. The van der Waals surface area contributed by atoms with Gasteiger partial charge in [0.2, 0.25) is 5.78 Å². The molecule has 4 heteroatoms. The maximum Gasteiger partial charge on any atom is 0.372 e. The monoisotopic (exact) mass is 572 g/mol. The van der Waals surface area contributed by atoms with Crippen LogP contribution in [-0.2, 0) is 9.59 Å². The lowest BCUT2D eigenvalue weighted by Gasteiger charge is -2.04. The highest BCUT2D eigenvalue weighted by Gasteiger charge is 2.09. The van der Waals surface area contributed by atoms with Crippen molar-refractivity contribution in [2.75, 3.05) is 5.33 Å². The summed E-state index contributed by atoms with van der Waals surface area (Å²) in [6, 6.07) is 0. The molecule has 0 aliphatic heterocycles. The van der Waals surface area contributed by atoms with E-state index in [4.69, 9.17) is 5.11 Å². The Balaban J connectivity index is 3.05. The highest BCUT2D eigenvalue weighted by molar-refractivity contribution is 9.09. The standard InChI is InChI=1S/C32H61BrO3/c33-30-28-26-24-22-20-18-16-14-12-10-8-6-4-2-1-3-5-7-9-11-13-15-17-19-21-23-25-27-29-31(34)32(35)36/h1-30H2,(H,35,36). The number of aliphatic carboxylic acids is 1. The largest absolute Gasteiger partial charge is 0.476 e. The van der Waals surface area contributed by atoms with E-state index in [0.29, 0.717) is 0 Å². The Labute approximate surface area is 233 Å². The molecule has 36 heavy (non-hydrogen) atoms. The van der Waals surface area contributed by atoms with Gasteiger partial charge in [0, 0.05) is 11.8 Å². The van der Waals surface area contributed by atoms with E-state index < -0.39 is 11.8 Å². The van der Waals surface area contributed by atoms with E-state index in [1.54, 1.807) is 0 Å². The van der Waals surface area contributed by atoms with Crippen LogP contribution >= 0.6 is 15.9 Å². The molecule has 0 aromatic carbocycles. The number of alkyl halides is 1. The van der Waals surface area contributed by atoms with Crippen LogP contribution in [-0.4, -0.2) is 22.2 Å². The van der Waals surface area contributed by atoms with Crippen molar-refractivity contribution in [2.24, 2.45) is 0 Å². The first-order valence-electron chi connectivity index (χ1n) is 16.0. The summed E-state index contributed by atoms with van der Waals surface area (Å²) in [5.41, 5.74) is 0. The van der Waals surface area contributed by atoms with Gasteiger partial charge in [-0.25, -0.2) is 4.79 Å². The summed E-state index contributed by atoms with van der Waals surface area (Å²) in [7, 11) is 0. The number of rotatable bonds is 31. The van der Waals surface area contributed by atoms with Gasteiger partial charge in [-0.3, -0.25) is 4.79 Å². The molecular formula is C32H61BrO3. The third-order valence-electron chi connectivity index (χ3n) is 7.53. The fraction of sp³-hybridized carbons (Fsp3) is 0.938. The molecule has 0 aromatic heterocycles. The smallest absolute Gasteiger partial charge is 0.372 e. The van der Waals surface area contributed by atoms with Crippen LogP contribution in [0.25, 0.3) is 0 Å². The molecular weight excluding hydrogens is 512 g/mol. The van der Waals surface area contributed by atoms with E-state index in [2.05, 4.69) is 15.9 Å². The Hall–Kier alpha value is -0.380. The molecule has 0 aliphatic carbocycles.